The average Bonchev–Trinajstić information content (AvgIpc) is 2.76. The largest absolute Gasteiger partial charge is 0.396 e. The van der Waals surface area contributed by atoms with Gasteiger partial charge in [0.1, 0.15) is 0 Å². The smallest absolute Gasteiger partial charge is 0.243 e. The molecule has 6 heteroatoms. The van der Waals surface area contributed by atoms with E-state index in [0.717, 1.165) is 19.3 Å². The van der Waals surface area contributed by atoms with Gasteiger partial charge < -0.3 is 16.2 Å². The molecule has 1 heterocycles. The van der Waals surface area contributed by atoms with Crippen molar-refractivity contribution >= 4 is 11.9 Å². The summed E-state index contributed by atoms with van der Waals surface area (Å²) in [7, 11) is 0. The van der Waals surface area contributed by atoms with Crippen molar-refractivity contribution in [2.45, 2.75) is 25.3 Å². The van der Waals surface area contributed by atoms with E-state index >= 15 is 0 Å². The molecule has 0 spiro atoms. The fraction of sp³-hybridized carbons (Fsp3) is 0.750. The molecule has 0 saturated heterocycles. The summed E-state index contributed by atoms with van der Waals surface area (Å²) < 4.78 is 0. The van der Waals surface area contributed by atoms with E-state index in [4.69, 9.17) is 10.8 Å². The molecule has 14 heavy (non-hydrogen) atoms. The van der Waals surface area contributed by atoms with Crippen LogP contribution < -0.4 is 11.1 Å². The summed E-state index contributed by atoms with van der Waals surface area (Å²) in [5.41, 5.74) is 5.40. The monoisotopic (exact) mass is 197 g/mol. The van der Waals surface area contributed by atoms with Gasteiger partial charge in [-0.2, -0.15) is 4.98 Å². The highest BCUT2D eigenvalue weighted by atomic mass is 16.3. The van der Waals surface area contributed by atoms with Gasteiger partial charge in [0.2, 0.25) is 11.9 Å². The van der Waals surface area contributed by atoms with Crippen LogP contribution in [0.15, 0.2) is 0 Å². The highest BCUT2D eigenvalue weighted by Gasteiger charge is 2.27. The van der Waals surface area contributed by atoms with Crippen LogP contribution in [0.2, 0.25) is 0 Å². The highest BCUT2D eigenvalue weighted by molar-refractivity contribution is 5.31. The number of nitrogens with two attached hydrogens (primary N) is 1. The number of aliphatic hydroxyl groups excluding tert-OH is 1. The molecule has 2 atom stereocenters. The summed E-state index contributed by atoms with van der Waals surface area (Å²) in [5, 5.41) is 18.7. The maximum Gasteiger partial charge on any atom is 0.243 e. The number of hydrogen-bond donors (Lipinski definition) is 4. The first-order valence-corrected chi connectivity index (χ1v) is 4.85. The molecule has 0 amide bonds. The lowest BCUT2D eigenvalue weighted by atomic mass is 10.1. The summed E-state index contributed by atoms with van der Waals surface area (Å²) in [6.07, 6.45) is 3.26. The Kier molecular flexibility index (Phi) is 2.53. The molecule has 1 aliphatic carbocycles. The zero-order valence-corrected chi connectivity index (χ0v) is 7.90. The SMILES string of the molecule is Nc1nc(NC2CCCC2CO)n[nH]1. The number of hydrogen-bond acceptors (Lipinski definition) is 5. The standard InChI is InChI=1S/C8H15N5O/c9-7-11-8(13-12-7)10-6-3-1-2-5(6)4-14/h5-6,14H,1-4H2,(H4,9,10,11,12,13). The van der Waals surface area contributed by atoms with Crippen molar-refractivity contribution < 1.29 is 5.11 Å². The Morgan fingerprint density at radius 2 is 2.43 bits per heavy atom. The van der Waals surface area contributed by atoms with Gasteiger partial charge in [0.15, 0.2) is 0 Å². The molecule has 1 aliphatic rings. The molecule has 0 radical (unpaired) electrons. The number of aromatic nitrogens is 3. The lowest BCUT2D eigenvalue weighted by molar-refractivity contribution is 0.222. The molecule has 6 nitrogen and oxygen atoms in total. The predicted octanol–water partition coefficient (Wildman–Crippen LogP) is -0.0402. The van der Waals surface area contributed by atoms with Crippen molar-refractivity contribution in [2.24, 2.45) is 5.92 Å². The van der Waals surface area contributed by atoms with Crippen LogP contribution in [0.5, 0.6) is 0 Å². The maximum absolute atomic E-state index is 9.11. The maximum atomic E-state index is 9.11. The van der Waals surface area contributed by atoms with Crippen molar-refractivity contribution in [3.63, 3.8) is 0 Å². The van der Waals surface area contributed by atoms with Gasteiger partial charge in [-0.05, 0) is 12.8 Å². The zero-order valence-electron chi connectivity index (χ0n) is 7.90. The molecule has 5 N–H and O–H groups in total. The minimum atomic E-state index is 0.220. The Balaban J connectivity index is 1.96. The second-order valence-electron chi connectivity index (χ2n) is 3.67. The van der Waals surface area contributed by atoms with Crippen molar-refractivity contribution in [1.29, 1.82) is 0 Å². The van der Waals surface area contributed by atoms with Crippen LogP contribution >= 0.6 is 0 Å². The van der Waals surface area contributed by atoms with E-state index in [-0.39, 0.29) is 12.6 Å². The number of H-pyrrole nitrogens is 1. The van der Waals surface area contributed by atoms with Crippen molar-refractivity contribution in [1.82, 2.24) is 15.2 Å². The number of anilines is 2. The molecule has 1 saturated carbocycles. The topological polar surface area (TPSA) is 99.8 Å². The molecule has 2 rings (SSSR count). The van der Waals surface area contributed by atoms with Gasteiger partial charge in [-0.15, -0.1) is 5.10 Å². The summed E-state index contributed by atoms with van der Waals surface area (Å²) in [6.45, 7) is 0.220. The van der Waals surface area contributed by atoms with Crippen molar-refractivity contribution in [3.8, 4) is 0 Å². The second-order valence-corrected chi connectivity index (χ2v) is 3.67. The Hall–Kier alpha value is -1.30. The molecule has 2 unspecified atom stereocenters. The zero-order chi connectivity index (χ0) is 9.97. The summed E-state index contributed by atoms with van der Waals surface area (Å²) in [6, 6.07) is 0.273. The summed E-state index contributed by atoms with van der Waals surface area (Å²) >= 11 is 0. The quantitative estimate of drug-likeness (QED) is 0.545. The van der Waals surface area contributed by atoms with Crippen LogP contribution in [0.25, 0.3) is 0 Å². The molecular formula is C8H15N5O. The molecule has 0 aliphatic heterocycles. The van der Waals surface area contributed by atoms with E-state index in [0.29, 0.717) is 17.8 Å². The van der Waals surface area contributed by atoms with Gasteiger partial charge in [0.25, 0.3) is 0 Å². The first-order valence-electron chi connectivity index (χ1n) is 4.85. The van der Waals surface area contributed by atoms with Crippen molar-refractivity contribution in [3.05, 3.63) is 0 Å². The Bertz CT molecular complexity index is 300. The van der Waals surface area contributed by atoms with E-state index < -0.39 is 0 Å². The minimum Gasteiger partial charge on any atom is -0.396 e. The molecule has 78 valence electrons. The molecule has 0 aromatic carbocycles. The first-order chi connectivity index (χ1) is 6.79. The molecular weight excluding hydrogens is 182 g/mol. The number of nitrogens with one attached hydrogen (secondary N) is 2. The van der Waals surface area contributed by atoms with E-state index in [1.807, 2.05) is 0 Å². The second kappa shape index (κ2) is 3.83. The number of nitrogens with zero attached hydrogens (tertiary/aromatic N) is 2. The number of aliphatic hydroxyl groups is 1. The van der Waals surface area contributed by atoms with Crippen LogP contribution in [0.1, 0.15) is 19.3 Å². The fourth-order valence-corrected chi connectivity index (χ4v) is 1.95. The van der Waals surface area contributed by atoms with Gasteiger partial charge in [0.05, 0.1) is 0 Å². The first kappa shape index (κ1) is 9.26. The van der Waals surface area contributed by atoms with Crippen molar-refractivity contribution in [2.75, 3.05) is 17.7 Å². The van der Waals surface area contributed by atoms with Crippen LogP contribution in [0, 0.1) is 5.92 Å². The van der Waals surface area contributed by atoms with Crippen LogP contribution in [0.3, 0.4) is 0 Å². The lowest BCUT2D eigenvalue weighted by Gasteiger charge is -2.17. The molecule has 1 aromatic rings. The number of aromatic amines is 1. The Morgan fingerprint density at radius 1 is 1.57 bits per heavy atom. The number of rotatable bonds is 3. The Labute approximate surface area is 81.9 Å². The normalized spacial score (nSPS) is 26.6. The van der Waals surface area contributed by atoms with Gasteiger partial charge in [-0.1, -0.05) is 6.42 Å². The fourth-order valence-electron chi connectivity index (χ4n) is 1.95. The molecule has 1 aromatic heterocycles. The molecule has 1 fully saturated rings. The Morgan fingerprint density at radius 3 is 3.07 bits per heavy atom. The van der Waals surface area contributed by atoms with Crippen LogP contribution in [-0.2, 0) is 0 Å². The van der Waals surface area contributed by atoms with Gasteiger partial charge in [-0.3, -0.25) is 0 Å². The lowest BCUT2D eigenvalue weighted by Crippen LogP contribution is -2.26. The minimum absolute atomic E-state index is 0.220. The third kappa shape index (κ3) is 1.79. The van der Waals surface area contributed by atoms with E-state index in [9.17, 15) is 0 Å². The van der Waals surface area contributed by atoms with E-state index in [2.05, 4.69) is 20.5 Å². The van der Waals surface area contributed by atoms with E-state index in [1.54, 1.807) is 0 Å². The third-order valence-electron chi connectivity index (χ3n) is 2.71. The van der Waals surface area contributed by atoms with Gasteiger partial charge in [0, 0.05) is 18.6 Å². The van der Waals surface area contributed by atoms with E-state index in [1.165, 1.54) is 0 Å². The van der Waals surface area contributed by atoms with Gasteiger partial charge in [-0.25, -0.2) is 5.10 Å². The van der Waals surface area contributed by atoms with Crippen LogP contribution in [0.4, 0.5) is 11.9 Å². The summed E-state index contributed by atoms with van der Waals surface area (Å²) in [4.78, 5) is 3.96. The molecule has 0 bridgehead atoms. The predicted molar refractivity (Wildman–Crippen MR) is 52.6 cm³/mol. The van der Waals surface area contributed by atoms with Gasteiger partial charge >= 0.3 is 0 Å². The number of nitrogen functional groups attached to an aromatic ring is 1. The summed E-state index contributed by atoms with van der Waals surface area (Å²) in [5.74, 6) is 1.15. The average molecular weight is 197 g/mol. The third-order valence-corrected chi connectivity index (χ3v) is 2.71. The van der Waals surface area contributed by atoms with Crippen LogP contribution in [-0.4, -0.2) is 32.9 Å². The highest BCUT2D eigenvalue weighted by Crippen LogP contribution is 2.27.